The van der Waals surface area contributed by atoms with Crippen molar-refractivity contribution in [3.05, 3.63) is 28.8 Å². The standard InChI is InChI=1S/C11H10BrClF3NO2/c12-3-4-17(6-11(14,15)16)10(19)8-5-7(18)1-2-9(8)13/h1-2,5,18H,3-4,6H2. The zero-order valence-electron chi connectivity index (χ0n) is 9.55. The molecule has 1 rings (SSSR count). The van der Waals surface area contributed by atoms with E-state index in [9.17, 15) is 23.1 Å². The van der Waals surface area contributed by atoms with Crippen molar-refractivity contribution < 1.29 is 23.1 Å². The Bertz CT molecular complexity index is 468. The monoisotopic (exact) mass is 359 g/mol. The number of nitrogens with zero attached hydrogens (tertiary/aromatic N) is 1. The minimum Gasteiger partial charge on any atom is -0.508 e. The zero-order chi connectivity index (χ0) is 14.6. The summed E-state index contributed by atoms with van der Waals surface area (Å²) >= 11 is 8.74. The number of carbonyl (C=O) groups excluding carboxylic acids is 1. The van der Waals surface area contributed by atoms with E-state index in [-0.39, 0.29) is 28.2 Å². The van der Waals surface area contributed by atoms with Gasteiger partial charge in [-0.3, -0.25) is 4.79 Å². The van der Waals surface area contributed by atoms with Gasteiger partial charge < -0.3 is 10.0 Å². The molecule has 0 heterocycles. The Morgan fingerprint density at radius 1 is 1.42 bits per heavy atom. The van der Waals surface area contributed by atoms with Crippen LogP contribution in [0.4, 0.5) is 13.2 Å². The maximum atomic E-state index is 12.4. The highest BCUT2D eigenvalue weighted by atomic mass is 79.9. The molecule has 19 heavy (non-hydrogen) atoms. The van der Waals surface area contributed by atoms with Crippen LogP contribution in [-0.4, -0.2) is 40.5 Å². The van der Waals surface area contributed by atoms with Gasteiger partial charge >= 0.3 is 6.18 Å². The third kappa shape index (κ3) is 4.91. The molecule has 106 valence electrons. The second kappa shape index (κ2) is 6.47. The Hall–Kier alpha value is -0.950. The van der Waals surface area contributed by atoms with E-state index in [0.29, 0.717) is 4.90 Å². The molecule has 0 spiro atoms. The number of hydrogen-bond acceptors (Lipinski definition) is 2. The van der Waals surface area contributed by atoms with Gasteiger partial charge in [0.2, 0.25) is 0 Å². The van der Waals surface area contributed by atoms with Crippen LogP contribution < -0.4 is 0 Å². The van der Waals surface area contributed by atoms with Gasteiger partial charge in [-0.1, -0.05) is 27.5 Å². The number of alkyl halides is 4. The van der Waals surface area contributed by atoms with Crippen LogP contribution >= 0.6 is 27.5 Å². The van der Waals surface area contributed by atoms with E-state index in [1.807, 2.05) is 0 Å². The SMILES string of the molecule is O=C(c1cc(O)ccc1Cl)N(CCBr)CC(F)(F)F. The van der Waals surface area contributed by atoms with E-state index in [1.54, 1.807) is 0 Å². The van der Waals surface area contributed by atoms with E-state index in [0.717, 1.165) is 6.07 Å². The average molecular weight is 361 g/mol. The maximum Gasteiger partial charge on any atom is 0.406 e. The fourth-order valence-electron chi connectivity index (χ4n) is 1.42. The summed E-state index contributed by atoms with van der Waals surface area (Å²) in [7, 11) is 0. The molecule has 1 aromatic carbocycles. The van der Waals surface area contributed by atoms with Gasteiger partial charge in [0.25, 0.3) is 5.91 Å². The van der Waals surface area contributed by atoms with Gasteiger partial charge in [0.15, 0.2) is 0 Å². The lowest BCUT2D eigenvalue weighted by Crippen LogP contribution is -2.40. The van der Waals surface area contributed by atoms with Gasteiger partial charge in [0.05, 0.1) is 10.6 Å². The van der Waals surface area contributed by atoms with Crippen molar-refractivity contribution in [3.8, 4) is 5.75 Å². The molecule has 1 aromatic rings. The maximum absolute atomic E-state index is 12.4. The van der Waals surface area contributed by atoms with Crippen molar-refractivity contribution in [1.29, 1.82) is 0 Å². The summed E-state index contributed by atoms with van der Waals surface area (Å²) in [6, 6.07) is 3.55. The van der Waals surface area contributed by atoms with Crippen LogP contribution in [0.3, 0.4) is 0 Å². The number of carbonyl (C=O) groups is 1. The highest BCUT2D eigenvalue weighted by Crippen LogP contribution is 2.24. The lowest BCUT2D eigenvalue weighted by atomic mass is 10.2. The number of hydrogen-bond donors (Lipinski definition) is 1. The lowest BCUT2D eigenvalue weighted by Gasteiger charge is -2.23. The summed E-state index contributed by atoms with van der Waals surface area (Å²) < 4.78 is 37.2. The van der Waals surface area contributed by atoms with Crippen molar-refractivity contribution in [3.63, 3.8) is 0 Å². The Balaban J connectivity index is 3.02. The number of halogens is 5. The molecule has 0 radical (unpaired) electrons. The van der Waals surface area contributed by atoms with Gasteiger partial charge in [-0.05, 0) is 18.2 Å². The summed E-state index contributed by atoms with van der Waals surface area (Å²) in [6.45, 7) is -1.49. The van der Waals surface area contributed by atoms with E-state index in [2.05, 4.69) is 15.9 Å². The van der Waals surface area contributed by atoms with Gasteiger partial charge in [0, 0.05) is 11.9 Å². The van der Waals surface area contributed by atoms with E-state index < -0.39 is 18.6 Å². The molecule has 0 fully saturated rings. The topological polar surface area (TPSA) is 40.5 Å². The predicted molar refractivity (Wildman–Crippen MR) is 68.9 cm³/mol. The van der Waals surface area contributed by atoms with Crippen LogP contribution in [0, 0.1) is 0 Å². The van der Waals surface area contributed by atoms with Crippen LogP contribution in [0.1, 0.15) is 10.4 Å². The fourth-order valence-corrected chi connectivity index (χ4v) is 2.04. The molecule has 0 aliphatic rings. The molecule has 1 N–H and O–H groups in total. The molecule has 0 unspecified atom stereocenters. The third-order valence-corrected chi connectivity index (χ3v) is 2.88. The molecule has 1 amide bonds. The molecule has 0 saturated heterocycles. The highest BCUT2D eigenvalue weighted by Gasteiger charge is 2.33. The van der Waals surface area contributed by atoms with Crippen molar-refractivity contribution in [2.45, 2.75) is 6.18 Å². The number of phenols is 1. The first-order valence-electron chi connectivity index (χ1n) is 5.15. The second-order valence-corrected chi connectivity index (χ2v) is 4.90. The minimum absolute atomic E-state index is 0.00968. The first-order valence-corrected chi connectivity index (χ1v) is 6.65. The van der Waals surface area contributed by atoms with E-state index >= 15 is 0 Å². The number of phenolic OH excluding ortho intramolecular Hbond substituents is 1. The largest absolute Gasteiger partial charge is 0.508 e. The molecule has 0 aromatic heterocycles. The molecule has 8 heteroatoms. The molecular weight excluding hydrogens is 350 g/mol. The normalized spacial score (nSPS) is 11.4. The number of aromatic hydroxyl groups is 1. The van der Waals surface area contributed by atoms with E-state index in [1.165, 1.54) is 12.1 Å². The number of benzene rings is 1. The average Bonchev–Trinajstić information content (AvgIpc) is 2.29. The summed E-state index contributed by atoms with van der Waals surface area (Å²) in [5, 5.41) is 9.46. The smallest absolute Gasteiger partial charge is 0.406 e. The molecule has 0 aliphatic heterocycles. The Morgan fingerprint density at radius 3 is 2.58 bits per heavy atom. The van der Waals surface area contributed by atoms with Gasteiger partial charge in [0.1, 0.15) is 12.3 Å². The van der Waals surface area contributed by atoms with Gasteiger partial charge in [-0.15, -0.1) is 0 Å². The number of amides is 1. The lowest BCUT2D eigenvalue weighted by molar-refractivity contribution is -0.140. The summed E-state index contributed by atoms with van der Waals surface area (Å²) in [5.41, 5.74) is -0.160. The van der Waals surface area contributed by atoms with Crippen LogP contribution in [-0.2, 0) is 0 Å². The quantitative estimate of drug-likeness (QED) is 0.836. The van der Waals surface area contributed by atoms with Crippen molar-refractivity contribution >= 4 is 33.4 Å². The molecule has 0 saturated carbocycles. The summed E-state index contributed by atoms with van der Waals surface area (Å²) in [5.74, 6) is -1.11. The second-order valence-electron chi connectivity index (χ2n) is 3.70. The van der Waals surface area contributed by atoms with Crippen LogP contribution in [0.25, 0.3) is 0 Å². The highest BCUT2D eigenvalue weighted by molar-refractivity contribution is 9.09. The Labute approximate surface area is 121 Å². The molecule has 0 aliphatic carbocycles. The minimum atomic E-state index is -4.50. The van der Waals surface area contributed by atoms with Gasteiger partial charge in [-0.25, -0.2) is 0 Å². The van der Waals surface area contributed by atoms with Crippen LogP contribution in [0.15, 0.2) is 18.2 Å². The first-order chi connectivity index (χ1) is 8.74. The molecular formula is C11H10BrClF3NO2. The van der Waals surface area contributed by atoms with Gasteiger partial charge in [-0.2, -0.15) is 13.2 Å². The first kappa shape index (κ1) is 16.1. The predicted octanol–water partition coefficient (Wildman–Crippen LogP) is 3.45. The van der Waals surface area contributed by atoms with Crippen LogP contribution in [0.2, 0.25) is 5.02 Å². The third-order valence-electron chi connectivity index (χ3n) is 2.19. The van der Waals surface area contributed by atoms with Crippen LogP contribution in [0.5, 0.6) is 5.75 Å². The number of rotatable bonds is 4. The molecule has 3 nitrogen and oxygen atoms in total. The Kier molecular flexibility index (Phi) is 5.49. The van der Waals surface area contributed by atoms with Crippen molar-refractivity contribution in [1.82, 2.24) is 4.90 Å². The molecule has 0 bridgehead atoms. The summed E-state index contributed by atoms with van der Waals surface area (Å²) in [4.78, 5) is 12.6. The summed E-state index contributed by atoms with van der Waals surface area (Å²) in [6.07, 6.45) is -4.50. The van der Waals surface area contributed by atoms with E-state index in [4.69, 9.17) is 11.6 Å². The van der Waals surface area contributed by atoms with Crippen molar-refractivity contribution in [2.75, 3.05) is 18.4 Å². The molecule has 0 atom stereocenters. The fraction of sp³-hybridized carbons (Fsp3) is 0.364. The zero-order valence-corrected chi connectivity index (χ0v) is 11.9. The Morgan fingerprint density at radius 2 is 2.05 bits per heavy atom. The van der Waals surface area contributed by atoms with Crippen molar-refractivity contribution in [2.24, 2.45) is 0 Å².